The minimum Gasteiger partial charge on any atom is -0.329 e. The first-order valence-electron chi connectivity index (χ1n) is 7.91. The van der Waals surface area contributed by atoms with Crippen molar-refractivity contribution in [2.75, 3.05) is 17.3 Å². The van der Waals surface area contributed by atoms with E-state index in [4.69, 9.17) is 0 Å². The van der Waals surface area contributed by atoms with Gasteiger partial charge in [0.25, 0.3) is 0 Å². The summed E-state index contributed by atoms with van der Waals surface area (Å²) in [5.74, 6) is 0.298. The molecule has 1 aromatic heterocycles. The topological polar surface area (TPSA) is 45.2 Å². The van der Waals surface area contributed by atoms with Crippen LogP contribution in [0.4, 0.5) is 21.6 Å². The molecule has 25 heavy (non-hydrogen) atoms. The van der Waals surface area contributed by atoms with E-state index < -0.39 is 0 Å². The quantitative estimate of drug-likeness (QED) is 0.761. The van der Waals surface area contributed by atoms with E-state index in [1.807, 2.05) is 54.4 Å². The van der Waals surface area contributed by atoms with Crippen molar-refractivity contribution in [3.8, 4) is 0 Å². The molecule has 3 rings (SSSR count). The molecule has 5 heteroatoms. The zero-order valence-electron chi connectivity index (χ0n) is 13.8. The molecule has 0 bridgehead atoms. The summed E-state index contributed by atoms with van der Waals surface area (Å²) in [6, 6.07) is 19.5. The normalized spacial score (nSPS) is 10.3. The van der Waals surface area contributed by atoms with E-state index in [1.165, 1.54) is 12.1 Å². The fraction of sp³-hybridized carbons (Fsp3) is 0.100. The lowest BCUT2D eigenvalue weighted by Gasteiger charge is -2.18. The van der Waals surface area contributed by atoms with Gasteiger partial charge in [-0.1, -0.05) is 30.3 Å². The molecule has 0 aliphatic heterocycles. The fourth-order valence-corrected chi connectivity index (χ4v) is 2.44. The number of benzene rings is 2. The Morgan fingerprint density at radius 2 is 1.76 bits per heavy atom. The molecule has 1 N–H and O–H groups in total. The molecule has 0 aliphatic rings. The maximum atomic E-state index is 12.9. The van der Waals surface area contributed by atoms with Crippen LogP contribution < -0.4 is 10.2 Å². The molecule has 1 amide bonds. The molecule has 0 spiro atoms. The second-order valence-electron chi connectivity index (χ2n) is 5.65. The number of pyridine rings is 1. The lowest BCUT2D eigenvalue weighted by molar-refractivity contribution is -0.115. The first-order chi connectivity index (χ1) is 12.1. The SMILES string of the molecule is CN(c1ccccc1)c1ccc(NC(=O)Cc2ccc(F)cc2)cn1. The van der Waals surface area contributed by atoms with Crippen LogP contribution in [0.3, 0.4) is 0 Å². The van der Waals surface area contributed by atoms with Gasteiger partial charge in [-0.05, 0) is 42.0 Å². The Morgan fingerprint density at radius 3 is 2.40 bits per heavy atom. The molecular weight excluding hydrogens is 317 g/mol. The molecule has 3 aromatic rings. The van der Waals surface area contributed by atoms with Crippen molar-refractivity contribution < 1.29 is 9.18 Å². The van der Waals surface area contributed by atoms with Crippen molar-refractivity contribution in [1.29, 1.82) is 0 Å². The highest BCUT2D eigenvalue weighted by atomic mass is 19.1. The molecular formula is C20H18FN3O. The van der Waals surface area contributed by atoms with Gasteiger partial charge in [-0.2, -0.15) is 0 Å². The number of carbonyl (C=O) groups is 1. The Kier molecular flexibility index (Phi) is 5.04. The highest BCUT2D eigenvalue weighted by molar-refractivity contribution is 5.92. The first kappa shape index (κ1) is 16.6. The van der Waals surface area contributed by atoms with Crippen molar-refractivity contribution >= 4 is 23.1 Å². The van der Waals surface area contributed by atoms with Gasteiger partial charge < -0.3 is 10.2 Å². The third-order valence-corrected chi connectivity index (χ3v) is 3.80. The summed E-state index contributed by atoms with van der Waals surface area (Å²) in [7, 11) is 1.93. The molecule has 0 aliphatic carbocycles. The third kappa shape index (κ3) is 4.41. The van der Waals surface area contributed by atoms with Gasteiger partial charge in [0.2, 0.25) is 5.91 Å². The van der Waals surface area contributed by atoms with Crippen LogP contribution in [0.1, 0.15) is 5.56 Å². The van der Waals surface area contributed by atoms with E-state index in [0.717, 1.165) is 17.1 Å². The van der Waals surface area contributed by atoms with Gasteiger partial charge in [-0.25, -0.2) is 9.37 Å². The number of hydrogen-bond donors (Lipinski definition) is 1. The van der Waals surface area contributed by atoms with Crippen LogP contribution in [-0.2, 0) is 11.2 Å². The lowest BCUT2D eigenvalue weighted by atomic mass is 10.1. The van der Waals surface area contributed by atoms with Crippen molar-refractivity contribution in [1.82, 2.24) is 4.98 Å². The number of aromatic nitrogens is 1. The fourth-order valence-electron chi connectivity index (χ4n) is 2.44. The maximum Gasteiger partial charge on any atom is 0.228 e. The van der Waals surface area contributed by atoms with E-state index >= 15 is 0 Å². The van der Waals surface area contributed by atoms with Crippen LogP contribution in [-0.4, -0.2) is 17.9 Å². The minimum atomic E-state index is -0.313. The molecule has 0 unspecified atom stereocenters. The predicted molar refractivity (Wildman–Crippen MR) is 97.5 cm³/mol. The monoisotopic (exact) mass is 335 g/mol. The maximum absolute atomic E-state index is 12.9. The molecule has 0 radical (unpaired) electrons. The van der Waals surface area contributed by atoms with Crippen molar-refractivity contribution in [3.63, 3.8) is 0 Å². The standard InChI is InChI=1S/C20H18FN3O/c1-24(18-5-3-2-4-6-18)19-12-11-17(14-22-19)23-20(25)13-15-7-9-16(21)10-8-15/h2-12,14H,13H2,1H3,(H,23,25). The summed E-state index contributed by atoms with van der Waals surface area (Å²) < 4.78 is 12.9. The van der Waals surface area contributed by atoms with Crippen molar-refractivity contribution in [2.24, 2.45) is 0 Å². The number of hydrogen-bond acceptors (Lipinski definition) is 3. The summed E-state index contributed by atoms with van der Waals surface area (Å²) in [5, 5.41) is 2.80. The van der Waals surface area contributed by atoms with Crippen LogP contribution in [0.2, 0.25) is 0 Å². The van der Waals surface area contributed by atoms with E-state index in [9.17, 15) is 9.18 Å². The van der Waals surface area contributed by atoms with Gasteiger partial charge in [-0.15, -0.1) is 0 Å². The molecule has 2 aromatic carbocycles. The largest absolute Gasteiger partial charge is 0.329 e. The van der Waals surface area contributed by atoms with Gasteiger partial charge in [0.15, 0.2) is 0 Å². The summed E-state index contributed by atoms with van der Waals surface area (Å²) in [4.78, 5) is 18.4. The third-order valence-electron chi connectivity index (χ3n) is 3.80. The Hall–Kier alpha value is -3.21. The Morgan fingerprint density at radius 1 is 1.04 bits per heavy atom. The average molecular weight is 335 g/mol. The summed E-state index contributed by atoms with van der Waals surface area (Å²) >= 11 is 0. The molecule has 1 heterocycles. The van der Waals surface area contributed by atoms with Gasteiger partial charge >= 0.3 is 0 Å². The number of anilines is 3. The van der Waals surface area contributed by atoms with Crippen molar-refractivity contribution in [3.05, 3.63) is 84.3 Å². The summed E-state index contributed by atoms with van der Waals surface area (Å²) in [6.07, 6.45) is 1.81. The van der Waals surface area contributed by atoms with Gasteiger partial charge in [0.05, 0.1) is 18.3 Å². The second-order valence-corrected chi connectivity index (χ2v) is 5.65. The van der Waals surface area contributed by atoms with E-state index in [1.54, 1.807) is 18.3 Å². The predicted octanol–water partition coefficient (Wildman–Crippen LogP) is 4.17. The van der Waals surface area contributed by atoms with Gasteiger partial charge in [-0.3, -0.25) is 4.79 Å². The van der Waals surface area contributed by atoms with Crippen LogP contribution in [0, 0.1) is 5.82 Å². The van der Waals surface area contributed by atoms with E-state index in [0.29, 0.717) is 5.69 Å². The van der Waals surface area contributed by atoms with Crippen molar-refractivity contribution in [2.45, 2.75) is 6.42 Å². The highest BCUT2D eigenvalue weighted by Crippen LogP contribution is 2.22. The summed E-state index contributed by atoms with van der Waals surface area (Å²) in [5.41, 5.74) is 2.41. The minimum absolute atomic E-state index is 0.169. The number of nitrogens with one attached hydrogen (secondary N) is 1. The molecule has 0 atom stereocenters. The van der Waals surface area contributed by atoms with Crippen LogP contribution >= 0.6 is 0 Å². The van der Waals surface area contributed by atoms with E-state index in [-0.39, 0.29) is 18.1 Å². The first-order valence-corrected chi connectivity index (χ1v) is 7.91. The molecule has 4 nitrogen and oxygen atoms in total. The van der Waals surface area contributed by atoms with Gasteiger partial charge in [0, 0.05) is 12.7 Å². The van der Waals surface area contributed by atoms with Crippen LogP contribution in [0.5, 0.6) is 0 Å². The Labute approximate surface area is 145 Å². The average Bonchev–Trinajstić information content (AvgIpc) is 2.64. The second kappa shape index (κ2) is 7.57. The molecule has 126 valence electrons. The number of carbonyl (C=O) groups excluding carboxylic acids is 1. The summed E-state index contributed by atoms with van der Waals surface area (Å²) in [6.45, 7) is 0. The molecule has 0 saturated heterocycles. The molecule has 0 saturated carbocycles. The van der Waals surface area contributed by atoms with Crippen LogP contribution in [0.15, 0.2) is 72.9 Å². The lowest BCUT2D eigenvalue weighted by Crippen LogP contribution is -2.15. The van der Waals surface area contributed by atoms with E-state index in [2.05, 4.69) is 10.3 Å². The van der Waals surface area contributed by atoms with Gasteiger partial charge in [0.1, 0.15) is 11.6 Å². The number of nitrogens with zero attached hydrogens (tertiary/aromatic N) is 2. The number of amides is 1. The zero-order valence-corrected chi connectivity index (χ0v) is 13.8. The smallest absolute Gasteiger partial charge is 0.228 e. The number of halogens is 1. The number of para-hydroxylation sites is 1. The van der Waals surface area contributed by atoms with Crippen LogP contribution in [0.25, 0.3) is 0 Å². The Balaban J connectivity index is 1.62. The Bertz CT molecular complexity index is 833. The highest BCUT2D eigenvalue weighted by Gasteiger charge is 2.07. The zero-order chi connectivity index (χ0) is 17.6. The molecule has 0 fully saturated rings. The number of rotatable bonds is 5.